The molecule has 0 spiro atoms. The first-order chi connectivity index (χ1) is 5.68. The molecule has 0 N–H and O–H groups in total. The molecule has 0 bridgehead atoms. The molecule has 2 fully saturated rings. The maximum Gasteiger partial charge on any atom is 0.302 e. The SMILES string of the molecule is CC(=O)O[C@@H]1CC(=O)[C@H]2CC[C@H]21. The third kappa shape index (κ3) is 1.04. The number of carbonyl (C=O) groups is 2. The van der Waals surface area contributed by atoms with Crippen molar-refractivity contribution in [1.29, 1.82) is 0 Å². The lowest BCUT2D eigenvalue weighted by Gasteiger charge is -2.31. The third-order valence-electron chi connectivity index (χ3n) is 2.94. The van der Waals surface area contributed by atoms with E-state index in [-0.39, 0.29) is 23.8 Å². The molecule has 0 aromatic carbocycles. The van der Waals surface area contributed by atoms with Crippen LogP contribution in [0.1, 0.15) is 26.2 Å². The van der Waals surface area contributed by atoms with Gasteiger partial charge in [0, 0.05) is 25.2 Å². The number of ether oxygens (including phenoxy) is 1. The molecular weight excluding hydrogens is 156 g/mol. The summed E-state index contributed by atoms with van der Waals surface area (Å²) >= 11 is 0. The van der Waals surface area contributed by atoms with Crippen molar-refractivity contribution < 1.29 is 14.3 Å². The van der Waals surface area contributed by atoms with Crippen LogP contribution in [0.15, 0.2) is 0 Å². The van der Waals surface area contributed by atoms with Crippen molar-refractivity contribution in [3.63, 3.8) is 0 Å². The molecule has 66 valence electrons. The Morgan fingerprint density at radius 2 is 2.25 bits per heavy atom. The van der Waals surface area contributed by atoms with Crippen molar-refractivity contribution >= 4 is 11.8 Å². The van der Waals surface area contributed by atoms with Gasteiger partial charge in [0.15, 0.2) is 0 Å². The first-order valence-electron chi connectivity index (χ1n) is 4.38. The number of Topliss-reactive ketones (excluding diaryl/α,β-unsaturated/α-hetero) is 1. The van der Waals surface area contributed by atoms with Gasteiger partial charge in [0.1, 0.15) is 11.9 Å². The van der Waals surface area contributed by atoms with Crippen LogP contribution in [0, 0.1) is 11.8 Å². The predicted molar refractivity (Wildman–Crippen MR) is 41.4 cm³/mol. The van der Waals surface area contributed by atoms with Crippen molar-refractivity contribution in [1.82, 2.24) is 0 Å². The minimum Gasteiger partial charge on any atom is -0.462 e. The number of fused-ring (bicyclic) bond motifs is 1. The van der Waals surface area contributed by atoms with Gasteiger partial charge in [-0.3, -0.25) is 9.59 Å². The Morgan fingerprint density at radius 3 is 2.67 bits per heavy atom. The highest BCUT2D eigenvalue weighted by Gasteiger charge is 2.49. The quantitative estimate of drug-likeness (QED) is 0.547. The molecule has 3 nitrogen and oxygen atoms in total. The zero-order valence-corrected chi connectivity index (χ0v) is 7.08. The average molecular weight is 168 g/mol. The summed E-state index contributed by atoms with van der Waals surface area (Å²) in [5.74, 6) is 0.591. The summed E-state index contributed by atoms with van der Waals surface area (Å²) in [6, 6.07) is 0. The van der Waals surface area contributed by atoms with Crippen LogP contribution in [0.2, 0.25) is 0 Å². The highest BCUT2D eigenvalue weighted by Crippen LogP contribution is 2.45. The fourth-order valence-electron chi connectivity index (χ4n) is 2.21. The molecule has 3 heteroatoms. The number of esters is 1. The van der Waals surface area contributed by atoms with Crippen molar-refractivity contribution in [2.45, 2.75) is 32.3 Å². The zero-order valence-electron chi connectivity index (χ0n) is 7.08. The lowest BCUT2D eigenvalue weighted by Crippen LogP contribution is -2.32. The van der Waals surface area contributed by atoms with Gasteiger partial charge in [0.25, 0.3) is 0 Å². The van der Waals surface area contributed by atoms with Crippen molar-refractivity contribution in [2.75, 3.05) is 0 Å². The molecule has 0 aliphatic heterocycles. The van der Waals surface area contributed by atoms with Gasteiger partial charge in [0.2, 0.25) is 0 Å². The third-order valence-corrected chi connectivity index (χ3v) is 2.94. The Balaban J connectivity index is 2.00. The van der Waals surface area contributed by atoms with E-state index in [1.165, 1.54) is 6.92 Å². The number of hydrogen-bond donors (Lipinski definition) is 0. The number of ketones is 1. The van der Waals surface area contributed by atoms with Crippen molar-refractivity contribution in [2.24, 2.45) is 11.8 Å². The molecule has 0 unspecified atom stereocenters. The summed E-state index contributed by atoms with van der Waals surface area (Å²) in [6.45, 7) is 1.40. The van der Waals surface area contributed by atoms with E-state index in [1.54, 1.807) is 0 Å². The molecule has 0 radical (unpaired) electrons. The van der Waals surface area contributed by atoms with Crippen LogP contribution < -0.4 is 0 Å². The lowest BCUT2D eigenvalue weighted by atomic mass is 9.75. The number of hydrogen-bond acceptors (Lipinski definition) is 3. The van der Waals surface area contributed by atoms with Gasteiger partial charge in [-0.2, -0.15) is 0 Å². The fourth-order valence-corrected chi connectivity index (χ4v) is 2.21. The van der Waals surface area contributed by atoms with Crippen LogP contribution in [-0.2, 0) is 14.3 Å². The monoisotopic (exact) mass is 168 g/mol. The minimum atomic E-state index is -0.264. The van der Waals surface area contributed by atoms with E-state index >= 15 is 0 Å². The fraction of sp³-hybridized carbons (Fsp3) is 0.778. The van der Waals surface area contributed by atoms with Crippen LogP contribution in [-0.4, -0.2) is 17.9 Å². The molecule has 2 saturated carbocycles. The summed E-state index contributed by atoms with van der Waals surface area (Å²) in [5.41, 5.74) is 0. The molecule has 0 amide bonds. The molecule has 0 aromatic heterocycles. The highest BCUT2D eigenvalue weighted by atomic mass is 16.5. The second kappa shape index (κ2) is 2.57. The number of rotatable bonds is 1. The average Bonchev–Trinajstić information content (AvgIpc) is 1.98. The maximum atomic E-state index is 11.2. The first kappa shape index (κ1) is 7.77. The Bertz CT molecular complexity index is 232. The first-order valence-corrected chi connectivity index (χ1v) is 4.38. The van der Waals surface area contributed by atoms with Gasteiger partial charge in [-0.25, -0.2) is 0 Å². The second-order valence-corrected chi connectivity index (χ2v) is 3.67. The van der Waals surface area contributed by atoms with E-state index in [0.717, 1.165) is 12.8 Å². The second-order valence-electron chi connectivity index (χ2n) is 3.67. The van der Waals surface area contributed by atoms with Crippen molar-refractivity contribution in [3.8, 4) is 0 Å². The van der Waals surface area contributed by atoms with Gasteiger partial charge < -0.3 is 4.74 Å². The Morgan fingerprint density at radius 1 is 1.50 bits per heavy atom. The van der Waals surface area contributed by atoms with Gasteiger partial charge in [0.05, 0.1) is 0 Å². The summed E-state index contributed by atoms with van der Waals surface area (Å²) in [5, 5.41) is 0. The van der Waals surface area contributed by atoms with Gasteiger partial charge >= 0.3 is 5.97 Å². The van der Waals surface area contributed by atoms with E-state index in [0.29, 0.717) is 12.3 Å². The molecule has 3 atom stereocenters. The van der Waals surface area contributed by atoms with E-state index in [1.807, 2.05) is 0 Å². The maximum absolute atomic E-state index is 11.2. The largest absolute Gasteiger partial charge is 0.462 e. The van der Waals surface area contributed by atoms with E-state index in [9.17, 15) is 9.59 Å². The van der Waals surface area contributed by atoms with Crippen LogP contribution >= 0.6 is 0 Å². The number of carbonyl (C=O) groups excluding carboxylic acids is 2. The van der Waals surface area contributed by atoms with Gasteiger partial charge in [-0.15, -0.1) is 0 Å². The molecule has 0 saturated heterocycles. The van der Waals surface area contributed by atoms with Crippen molar-refractivity contribution in [3.05, 3.63) is 0 Å². The lowest BCUT2D eigenvalue weighted by molar-refractivity contribution is -0.149. The Kier molecular flexibility index (Phi) is 1.67. The standard InChI is InChI=1S/C9H12O3/c1-5(10)12-9-4-8(11)6-2-3-7(6)9/h6-7,9H,2-4H2,1H3/t6-,7+,9+/m0/s1. The van der Waals surface area contributed by atoms with Gasteiger partial charge in [-0.1, -0.05) is 0 Å². The van der Waals surface area contributed by atoms with Crippen LogP contribution in [0.3, 0.4) is 0 Å². The summed E-state index contributed by atoms with van der Waals surface area (Å²) < 4.78 is 5.06. The predicted octanol–water partition coefficient (Wildman–Crippen LogP) is 0.917. The molecule has 2 rings (SSSR count). The van der Waals surface area contributed by atoms with E-state index in [4.69, 9.17) is 4.74 Å². The molecule has 12 heavy (non-hydrogen) atoms. The zero-order chi connectivity index (χ0) is 8.72. The Labute approximate surface area is 71.1 Å². The molecular formula is C9H12O3. The minimum absolute atomic E-state index is 0.103. The highest BCUT2D eigenvalue weighted by molar-refractivity contribution is 5.85. The molecule has 0 heterocycles. The summed E-state index contributed by atoms with van der Waals surface area (Å²) in [6.07, 6.45) is 2.40. The van der Waals surface area contributed by atoms with Crippen LogP contribution in [0.5, 0.6) is 0 Å². The Hall–Kier alpha value is -0.860. The molecule has 0 aromatic rings. The van der Waals surface area contributed by atoms with E-state index in [2.05, 4.69) is 0 Å². The molecule has 2 aliphatic rings. The topological polar surface area (TPSA) is 43.4 Å². The smallest absolute Gasteiger partial charge is 0.302 e. The van der Waals surface area contributed by atoms with E-state index < -0.39 is 0 Å². The molecule has 2 aliphatic carbocycles. The normalized spacial score (nSPS) is 38.8. The van der Waals surface area contributed by atoms with Crippen LogP contribution in [0.4, 0.5) is 0 Å². The summed E-state index contributed by atoms with van der Waals surface area (Å²) in [4.78, 5) is 21.9. The van der Waals surface area contributed by atoms with Gasteiger partial charge in [-0.05, 0) is 12.8 Å². The van der Waals surface area contributed by atoms with Crippen LogP contribution in [0.25, 0.3) is 0 Å². The summed E-state index contributed by atoms with van der Waals surface area (Å²) in [7, 11) is 0.